The molecule has 1 aromatic rings. The molecule has 6 heteroatoms. The number of pyridine rings is 1. The summed E-state index contributed by atoms with van der Waals surface area (Å²) < 4.78 is 38.4. The number of aldehydes is 1. The third-order valence-corrected chi connectivity index (χ3v) is 1.12. The summed E-state index contributed by atoms with van der Waals surface area (Å²) in [4.78, 5) is 13.4. The average molecular weight is 191 g/mol. The summed E-state index contributed by atoms with van der Waals surface area (Å²) in [7, 11) is 0. The van der Waals surface area contributed by atoms with Crippen LogP contribution in [0, 0.1) is 0 Å². The summed E-state index contributed by atoms with van der Waals surface area (Å²) >= 11 is 0. The Morgan fingerprint density at radius 3 is 2.69 bits per heavy atom. The number of ether oxygens (including phenoxy) is 1. The van der Waals surface area contributed by atoms with Crippen molar-refractivity contribution in [3.63, 3.8) is 0 Å². The number of alkyl halides is 3. The Labute approximate surface area is 71.2 Å². The Balaban J connectivity index is 2.84. The smallest absolute Gasteiger partial charge is 0.388 e. The Morgan fingerprint density at radius 2 is 2.15 bits per heavy atom. The van der Waals surface area contributed by atoms with Gasteiger partial charge in [-0.25, -0.2) is 4.98 Å². The zero-order chi connectivity index (χ0) is 9.90. The first-order valence-electron chi connectivity index (χ1n) is 3.18. The van der Waals surface area contributed by atoms with Crippen LogP contribution in [0.1, 0.15) is 10.4 Å². The molecule has 1 aromatic heterocycles. The molecule has 0 fully saturated rings. The highest BCUT2D eigenvalue weighted by atomic mass is 19.4. The lowest BCUT2D eigenvalue weighted by atomic mass is 10.3. The van der Waals surface area contributed by atoms with Crippen molar-refractivity contribution in [2.45, 2.75) is 6.36 Å². The molecule has 0 amide bonds. The van der Waals surface area contributed by atoms with E-state index >= 15 is 0 Å². The molecule has 0 N–H and O–H groups in total. The number of rotatable bonds is 2. The standard InChI is InChI=1S/C7H4F3NO2/c8-7(9,10)13-6-3-5(4-12)1-2-11-6/h1-4H. The van der Waals surface area contributed by atoms with E-state index in [1.807, 2.05) is 0 Å². The second-order valence-electron chi connectivity index (χ2n) is 2.09. The molecule has 0 aliphatic rings. The molecular formula is C7H4F3NO2. The monoisotopic (exact) mass is 191 g/mol. The number of hydrogen-bond donors (Lipinski definition) is 0. The maximum atomic E-state index is 11.6. The van der Waals surface area contributed by atoms with Crippen LogP contribution < -0.4 is 4.74 Å². The SMILES string of the molecule is O=Cc1ccnc(OC(F)(F)F)c1. The summed E-state index contributed by atoms with van der Waals surface area (Å²) in [5.41, 5.74) is 0.0780. The summed E-state index contributed by atoms with van der Waals surface area (Å²) in [5, 5.41) is 0. The van der Waals surface area contributed by atoms with Crippen LogP contribution in [0.5, 0.6) is 5.88 Å². The van der Waals surface area contributed by atoms with Gasteiger partial charge in [-0.1, -0.05) is 0 Å². The van der Waals surface area contributed by atoms with Crippen LogP contribution in [-0.4, -0.2) is 17.6 Å². The van der Waals surface area contributed by atoms with Gasteiger partial charge in [0.15, 0.2) is 0 Å². The summed E-state index contributed by atoms with van der Waals surface area (Å²) in [5.74, 6) is -0.642. The fourth-order valence-corrected chi connectivity index (χ4v) is 0.672. The van der Waals surface area contributed by atoms with Crippen LogP contribution >= 0.6 is 0 Å². The maximum Gasteiger partial charge on any atom is 0.574 e. The van der Waals surface area contributed by atoms with Gasteiger partial charge < -0.3 is 4.74 Å². The molecule has 0 unspecified atom stereocenters. The predicted octanol–water partition coefficient (Wildman–Crippen LogP) is 1.79. The third-order valence-electron chi connectivity index (χ3n) is 1.12. The summed E-state index contributed by atoms with van der Waals surface area (Å²) in [6.07, 6.45) is -3.32. The average Bonchev–Trinajstić information content (AvgIpc) is 2.01. The van der Waals surface area contributed by atoms with E-state index < -0.39 is 12.2 Å². The van der Waals surface area contributed by atoms with E-state index in [-0.39, 0.29) is 5.56 Å². The van der Waals surface area contributed by atoms with Gasteiger partial charge in [0.05, 0.1) is 0 Å². The molecule has 1 heterocycles. The Hall–Kier alpha value is -1.59. The molecule has 0 atom stereocenters. The van der Waals surface area contributed by atoms with Crippen molar-refractivity contribution in [1.82, 2.24) is 4.98 Å². The third kappa shape index (κ3) is 3.10. The lowest BCUT2D eigenvalue weighted by molar-refractivity contribution is -0.276. The lowest BCUT2D eigenvalue weighted by Crippen LogP contribution is -2.17. The maximum absolute atomic E-state index is 11.6. The van der Waals surface area contributed by atoms with E-state index in [2.05, 4.69) is 9.72 Å². The van der Waals surface area contributed by atoms with Gasteiger partial charge >= 0.3 is 6.36 Å². The lowest BCUT2D eigenvalue weighted by Gasteiger charge is -2.06. The number of halogens is 3. The van der Waals surface area contributed by atoms with Crippen molar-refractivity contribution in [3.05, 3.63) is 23.9 Å². The van der Waals surface area contributed by atoms with Crippen molar-refractivity contribution < 1.29 is 22.7 Å². The van der Waals surface area contributed by atoms with Crippen molar-refractivity contribution in [1.29, 1.82) is 0 Å². The Morgan fingerprint density at radius 1 is 1.46 bits per heavy atom. The molecule has 3 nitrogen and oxygen atoms in total. The minimum Gasteiger partial charge on any atom is -0.388 e. The minimum atomic E-state index is -4.78. The van der Waals surface area contributed by atoms with E-state index in [1.165, 1.54) is 6.07 Å². The molecule has 0 aromatic carbocycles. The van der Waals surface area contributed by atoms with Crippen molar-refractivity contribution >= 4 is 6.29 Å². The minimum absolute atomic E-state index is 0.0780. The number of carbonyl (C=O) groups is 1. The highest BCUT2D eigenvalue weighted by molar-refractivity contribution is 5.74. The van der Waals surface area contributed by atoms with Gasteiger partial charge in [0.2, 0.25) is 5.88 Å². The van der Waals surface area contributed by atoms with Crippen LogP contribution in [0.3, 0.4) is 0 Å². The zero-order valence-electron chi connectivity index (χ0n) is 6.21. The highest BCUT2D eigenvalue weighted by Crippen LogP contribution is 2.20. The molecule has 0 saturated heterocycles. The zero-order valence-corrected chi connectivity index (χ0v) is 6.21. The second kappa shape index (κ2) is 3.42. The van der Waals surface area contributed by atoms with Crippen LogP contribution in [0.4, 0.5) is 13.2 Å². The van der Waals surface area contributed by atoms with Gasteiger partial charge in [-0.15, -0.1) is 13.2 Å². The van der Waals surface area contributed by atoms with E-state index in [0.29, 0.717) is 6.29 Å². The van der Waals surface area contributed by atoms with E-state index in [1.54, 1.807) is 0 Å². The van der Waals surface area contributed by atoms with Gasteiger partial charge in [-0.2, -0.15) is 0 Å². The second-order valence-corrected chi connectivity index (χ2v) is 2.09. The van der Waals surface area contributed by atoms with E-state index in [0.717, 1.165) is 12.3 Å². The van der Waals surface area contributed by atoms with Crippen molar-refractivity contribution in [2.75, 3.05) is 0 Å². The number of hydrogen-bond acceptors (Lipinski definition) is 3. The molecular weight excluding hydrogens is 187 g/mol. The molecule has 0 spiro atoms. The highest BCUT2D eigenvalue weighted by Gasteiger charge is 2.31. The Bertz CT molecular complexity index is 311. The van der Waals surface area contributed by atoms with Gasteiger partial charge in [-0.3, -0.25) is 4.79 Å². The Kier molecular flexibility index (Phi) is 2.50. The first-order valence-corrected chi connectivity index (χ1v) is 3.18. The van der Waals surface area contributed by atoms with Crippen molar-refractivity contribution in [2.24, 2.45) is 0 Å². The number of aromatic nitrogens is 1. The number of carbonyl (C=O) groups excluding carboxylic acids is 1. The van der Waals surface area contributed by atoms with Gasteiger partial charge in [0.25, 0.3) is 0 Å². The van der Waals surface area contributed by atoms with E-state index in [4.69, 9.17) is 0 Å². The molecule has 70 valence electrons. The molecule has 0 aliphatic carbocycles. The molecule has 0 saturated carbocycles. The fraction of sp³-hybridized carbons (Fsp3) is 0.143. The van der Waals surface area contributed by atoms with Crippen LogP contribution in [0.2, 0.25) is 0 Å². The van der Waals surface area contributed by atoms with E-state index in [9.17, 15) is 18.0 Å². The molecule has 0 radical (unpaired) electrons. The largest absolute Gasteiger partial charge is 0.574 e. The first kappa shape index (κ1) is 9.50. The summed E-state index contributed by atoms with van der Waals surface area (Å²) in [6, 6.07) is 2.18. The number of nitrogens with zero attached hydrogens (tertiary/aromatic N) is 1. The van der Waals surface area contributed by atoms with Crippen LogP contribution in [0.15, 0.2) is 18.3 Å². The molecule has 1 rings (SSSR count). The van der Waals surface area contributed by atoms with Crippen LogP contribution in [0.25, 0.3) is 0 Å². The molecule has 0 aliphatic heterocycles. The first-order chi connectivity index (χ1) is 6.01. The molecule has 13 heavy (non-hydrogen) atoms. The van der Waals surface area contributed by atoms with Gasteiger partial charge in [0.1, 0.15) is 6.29 Å². The predicted molar refractivity (Wildman–Crippen MR) is 36.3 cm³/mol. The van der Waals surface area contributed by atoms with Gasteiger partial charge in [0, 0.05) is 17.8 Å². The molecule has 0 bridgehead atoms. The summed E-state index contributed by atoms with van der Waals surface area (Å²) in [6.45, 7) is 0. The van der Waals surface area contributed by atoms with Crippen LogP contribution in [-0.2, 0) is 0 Å². The quantitative estimate of drug-likeness (QED) is 0.669. The van der Waals surface area contributed by atoms with Gasteiger partial charge in [-0.05, 0) is 6.07 Å². The topological polar surface area (TPSA) is 39.2 Å². The fourth-order valence-electron chi connectivity index (χ4n) is 0.672. The normalized spacial score (nSPS) is 11.0. The van der Waals surface area contributed by atoms with Crippen molar-refractivity contribution in [3.8, 4) is 5.88 Å².